The summed E-state index contributed by atoms with van der Waals surface area (Å²) < 4.78 is 0. The predicted octanol–water partition coefficient (Wildman–Crippen LogP) is 4.97. The molecule has 3 aromatic carbocycles. The van der Waals surface area contributed by atoms with Gasteiger partial charge in [-0.15, -0.1) is 0 Å². The maximum absolute atomic E-state index is 12.8. The second-order valence-electron chi connectivity index (χ2n) is 7.39. The van der Waals surface area contributed by atoms with Crippen LogP contribution in [0, 0.1) is 6.92 Å². The van der Waals surface area contributed by atoms with Crippen molar-refractivity contribution in [3.8, 4) is 5.75 Å². The van der Waals surface area contributed by atoms with Crippen molar-refractivity contribution in [3.63, 3.8) is 0 Å². The molecule has 0 heterocycles. The first-order chi connectivity index (χ1) is 13.5. The van der Waals surface area contributed by atoms with Gasteiger partial charge in [-0.1, -0.05) is 72.8 Å². The van der Waals surface area contributed by atoms with Gasteiger partial charge in [0, 0.05) is 23.9 Å². The van der Waals surface area contributed by atoms with Crippen molar-refractivity contribution >= 4 is 5.91 Å². The summed E-state index contributed by atoms with van der Waals surface area (Å²) in [4.78, 5) is 12.8. The van der Waals surface area contributed by atoms with Gasteiger partial charge >= 0.3 is 0 Å². The number of carbonyl (C=O) groups excluding carboxylic acids is 1. The number of hydrogen-bond donors (Lipinski definition) is 2. The molecule has 3 aromatic rings. The molecular weight excluding hydrogens is 346 g/mol. The van der Waals surface area contributed by atoms with Crippen LogP contribution in [0.25, 0.3) is 0 Å². The second-order valence-corrected chi connectivity index (χ2v) is 7.39. The zero-order valence-electron chi connectivity index (χ0n) is 16.4. The molecule has 0 fully saturated rings. The van der Waals surface area contributed by atoms with Crippen molar-refractivity contribution in [1.82, 2.24) is 5.32 Å². The van der Waals surface area contributed by atoms with E-state index in [4.69, 9.17) is 0 Å². The molecule has 0 radical (unpaired) electrons. The molecule has 3 rings (SSSR count). The van der Waals surface area contributed by atoms with Crippen molar-refractivity contribution < 1.29 is 9.90 Å². The predicted molar refractivity (Wildman–Crippen MR) is 113 cm³/mol. The molecule has 0 aliphatic carbocycles. The van der Waals surface area contributed by atoms with Crippen molar-refractivity contribution in [1.29, 1.82) is 0 Å². The molecule has 2 N–H and O–H groups in total. The molecule has 0 aliphatic rings. The Morgan fingerprint density at radius 1 is 0.964 bits per heavy atom. The Balaban J connectivity index is 1.75. The minimum Gasteiger partial charge on any atom is -0.508 e. The van der Waals surface area contributed by atoms with Crippen LogP contribution < -0.4 is 5.32 Å². The first-order valence-corrected chi connectivity index (χ1v) is 9.70. The highest BCUT2D eigenvalue weighted by atomic mass is 16.3. The van der Waals surface area contributed by atoms with E-state index in [0.29, 0.717) is 6.42 Å². The van der Waals surface area contributed by atoms with Crippen LogP contribution in [-0.2, 0) is 11.2 Å². The number of benzene rings is 3. The van der Waals surface area contributed by atoms with Crippen LogP contribution in [-0.4, -0.2) is 17.1 Å². The molecule has 28 heavy (non-hydrogen) atoms. The highest BCUT2D eigenvalue weighted by molar-refractivity contribution is 5.78. The fraction of sp³-hybridized carbons (Fsp3) is 0.240. The number of aryl methyl sites for hydroxylation is 1. The molecule has 0 saturated carbocycles. The number of hydrogen-bond acceptors (Lipinski definition) is 2. The number of aromatic hydroxyl groups is 1. The van der Waals surface area contributed by atoms with Crippen LogP contribution in [0.4, 0.5) is 0 Å². The lowest BCUT2D eigenvalue weighted by Crippen LogP contribution is -2.35. The molecule has 0 bridgehead atoms. The zero-order valence-corrected chi connectivity index (χ0v) is 16.4. The van der Waals surface area contributed by atoms with Crippen LogP contribution in [0.2, 0.25) is 0 Å². The maximum atomic E-state index is 12.8. The van der Waals surface area contributed by atoms with Crippen LogP contribution in [0.3, 0.4) is 0 Å². The van der Waals surface area contributed by atoms with E-state index in [-0.39, 0.29) is 23.6 Å². The summed E-state index contributed by atoms with van der Waals surface area (Å²) in [5.74, 6) is 0.0296. The maximum Gasteiger partial charge on any atom is 0.221 e. The Morgan fingerprint density at radius 2 is 1.61 bits per heavy atom. The van der Waals surface area contributed by atoms with Crippen LogP contribution in [0.1, 0.15) is 41.5 Å². The number of amides is 1. The molecule has 0 saturated heterocycles. The summed E-state index contributed by atoms with van der Waals surface area (Å²) in [7, 11) is 0. The first-order valence-electron chi connectivity index (χ1n) is 9.70. The van der Waals surface area contributed by atoms with Gasteiger partial charge in [-0.2, -0.15) is 0 Å². The van der Waals surface area contributed by atoms with Crippen molar-refractivity contribution in [2.75, 3.05) is 0 Å². The normalized spacial score (nSPS) is 12.9. The van der Waals surface area contributed by atoms with Crippen LogP contribution in [0.15, 0.2) is 78.9 Å². The third-order valence-electron chi connectivity index (χ3n) is 4.94. The Kier molecular flexibility index (Phi) is 6.49. The van der Waals surface area contributed by atoms with Gasteiger partial charge in [0.05, 0.1) is 0 Å². The number of nitrogens with one attached hydrogen (secondary N) is 1. The SMILES string of the molecule is Cc1ccc([C@@H](CC(=O)N[C@@H](C)Cc2ccccc2)c2ccccc2)c(O)c1. The van der Waals surface area contributed by atoms with E-state index in [1.807, 2.05) is 74.5 Å². The van der Waals surface area contributed by atoms with E-state index < -0.39 is 0 Å². The molecule has 0 aromatic heterocycles. The number of carbonyl (C=O) groups is 1. The topological polar surface area (TPSA) is 49.3 Å². The first kappa shape index (κ1) is 19.7. The number of rotatable bonds is 7. The van der Waals surface area contributed by atoms with E-state index in [9.17, 15) is 9.90 Å². The van der Waals surface area contributed by atoms with Crippen LogP contribution >= 0.6 is 0 Å². The van der Waals surface area contributed by atoms with E-state index in [1.54, 1.807) is 6.07 Å². The zero-order chi connectivity index (χ0) is 19.9. The van der Waals surface area contributed by atoms with E-state index in [0.717, 1.165) is 23.1 Å². The molecule has 3 nitrogen and oxygen atoms in total. The average Bonchev–Trinajstić information content (AvgIpc) is 2.68. The Morgan fingerprint density at radius 3 is 2.25 bits per heavy atom. The Bertz CT molecular complexity index is 906. The monoisotopic (exact) mass is 373 g/mol. The van der Waals surface area contributed by atoms with Gasteiger partial charge < -0.3 is 10.4 Å². The van der Waals surface area contributed by atoms with Gasteiger partial charge in [0.2, 0.25) is 5.91 Å². The summed E-state index contributed by atoms with van der Waals surface area (Å²) in [6.07, 6.45) is 1.08. The summed E-state index contributed by atoms with van der Waals surface area (Å²) >= 11 is 0. The largest absolute Gasteiger partial charge is 0.508 e. The molecule has 2 atom stereocenters. The summed E-state index contributed by atoms with van der Waals surface area (Å²) in [6, 6.07) is 25.7. The molecule has 0 spiro atoms. The quantitative estimate of drug-likeness (QED) is 0.614. The van der Waals surface area contributed by atoms with Gasteiger partial charge in [-0.05, 0) is 43.0 Å². The van der Waals surface area contributed by atoms with Gasteiger partial charge in [-0.3, -0.25) is 4.79 Å². The van der Waals surface area contributed by atoms with Gasteiger partial charge in [0.15, 0.2) is 0 Å². The molecule has 0 unspecified atom stereocenters. The third-order valence-corrected chi connectivity index (χ3v) is 4.94. The lowest BCUT2D eigenvalue weighted by molar-refractivity contribution is -0.121. The van der Waals surface area contributed by atoms with Crippen molar-refractivity contribution in [2.24, 2.45) is 0 Å². The molecule has 3 heteroatoms. The Hall–Kier alpha value is -3.07. The van der Waals surface area contributed by atoms with E-state index in [2.05, 4.69) is 17.4 Å². The fourth-order valence-corrected chi connectivity index (χ4v) is 3.58. The molecule has 144 valence electrons. The highest BCUT2D eigenvalue weighted by Crippen LogP contribution is 2.34. The molecule has 1 amide bonds. The Labute approximate surface area is 167 Å². The number of phenols is 1. The molecule has 0 aliphatic heterocycles. The number of phenolic OH excluding ortho intramolecular Hbond substituents is 1. The lowest BCUT2D eigenvalue weighted by atomic mass is 9.87. The van der Waals surface area contributed by atoms with E-state index >= 15 is 0 Å². The van der Waals surface area contributed by atoms with E-state index in [1.165, 1.54) is 5.56 Å². The van der Waals surface area contributed by atoms with Crippen molar-refractivity contribution in [2.45, 2.75) is 38.6 Å². The van der Waals surface area contributed by atoms with Gasteiger partial charge in [-0.25, -0.2) is 0 Å². The highest BCUT2D eigenvalue weighted by Gasteiger charge is 2.22. The minimum absolute atomic E-state index is 0.0164. The lowest BCUT2D eigenvalue weighted by Gasteiger charge is -2.21. The minimum atomic E-state index is -0.189. The third kappa shape index (κ3) is 5.23. The van der Waals surface area contributed by atoms with Crippen LogP contribution in [0.5, 0.6) is 5.75 Å². The fourth-order valence-electron chi connectivity index (χ4n) is 3.58. The summed E-state index contributed by atoms with van der Waals surface area (Å²) in [5, 5.41) is 13.6. The van der Waals surface area contributed by atoms with Gasteiger partial charge in [0.25, 0.3) is 0 Å². The summed E-state index contributed by atoms with van der Waals surface area (Å²) in [5.41, 5.74) is 4.00. The summed E-state index contributed by atoms with van der Waals surface area (Å²) in [6.45, 7) is 3.96. The molecular formula is C25H27NO2. The smallest absolute Gasteiger partial charge is 0.221 e. The van der Waals surface area contributed by atoms with Gasteiger partial charge in [0.1, 0.15) is 5.75 Å². The standard InChI is InChI=1S/C25H27NO2/c1-18-13-14-22(24(27)15-18)23(21-11-7-4-8-12-21)17-25(28)26-19(2)16-20-9-5-3-6-10-20/h3-15,19,23,27H,16-17H2,1-2H3,(H,26,28)/t19-,23-/m0/s1. The average molecular weight is 373 g/mol. The second kappa shape index (κ2) is 9.23. The van der Waals surface area contributed by atoms with Crippen molar-refractivity contribution in [3.05, 3.63) is 101 Å².